The van der Waals surface area contributed by atoms with E-state index in [0.717, 1.165) is 42.7 Å². The average Bonchev–Trinajstić information content (AvgIpc) is 3.24. The van der Waals surface area contributed by atoms with Gasteiger partial charge in [-0.25, -0.2) is 0 Å². The lowest BCUT2D eigenvalue weighted by Gasteiger charge is -2.49. The highest BCUT2D eigenvalue weighted by molar-refractivity contribution is 5.88. The van der Waals surface area contributed by atoms with E-state index in [2.05, 4.69) is 68.7 Å². The number of benzene rings is 1. The first kappa shape index (κ1) is 24.0. The van der Waals surface area contributed by atoms with Crippen LogP contribution in [-0.4, -0.2) is 44.4 Å². The number of piperazine rings is 1. The first-order valence-electron chi connectivity index (χ1n) is 12.3. The normalized spacial score (nSPS) is 20.0. The van der Waals surface area contributed by atoms with Crippen LogP contribution in [0, 0.1) is 25.2 Å². The Morgan fingerprint density at radius 2 is 1.88 bits per heavy atom. The van der Waals surface area contributed by atoms with Gasteiger partial charge in [-0.2, -0.15) is 10.4 Å². The highest BCUT2D eigenvalue weighted by Crippen LogP contribution is 2.35. The van der Waals surface area contributed by atoms with Crippen molar-refractivity contribution in [3.05, 3.63) is 57.5 Å². The maximum atomic E-state index is 12.9. The fourth-order valence-electron chi connectivity index (χ4n) is 5.54. The summed E-state index contributed by atoms with van der Waals surface area (Å²) in [5.41, 5.74) is 6.43. The van der Waals surface area contributed by atoms with Crippen LogP contribution in [-0.2, 0) is 13.6 Å². The van der Waals surface area contributed by atoms with E-state index in [-0.39, 0.29) is 18.1 Å². The number of fused-ring (bicyclic) bond motifs is 1. The first-order valence-corrected chi connectivity index (χ1v) is 12.3. The van der Waals surface area contributed by atoms with Crippen LogP contribution >= 0.6 is 0 Å². The topological polar surface area (TPSA) is 70.1 Å². The molecular weight excluding hydrogens is 424 g/mol. The van der Waals surface area contributed by atoms with Crippen LogP contribution in [0.25, 0.3) is 11.0 Å². The predicted octanol–water partition coefficient (Wildman–Crippen LogP) is 4.32. The third kappa shape index (κ3) is 4.23. The molecule has 0 bridgehead atoms. The fraction of sp³-hybridized carbons (Fsp3) is 0.519. The van der Waals surface area contributed by atoms with Crippen LogP contribution in [0.4, 0.5) is 5.69 Å². The first-order chi connectivity index (χ1) is 16.3. The number of rotatable bonds is 6. The van der Waals surface area contributed by atoms with E-state index in [1.54, 1.807) is 28.6 Å². The van der Waals surface area contributed by atoms with E-state index in [1.807, 2.05) is 0 Å². The number of anilines is 1. The van der Waals surface area contributed by atoms with Crippen LogP contribution < -0.4 is 10.5 Å². The molecule has 3 aromatic rings. The third-order valence-corrected chi connectivity index (χ3v) is 7.53. The summed E-state index contributed by atoms with van der Waals surface area (Å²) in [6, 6.07) is 11.6. The molecule has 0 radical (unpaired) electrons. The van der Waals surface area contributed by atoms with Crippen LogP contribution in [0.15, 0.2) is 35.3 Å². The van der Waals surface area contributed by atoms with Crippen molar-refractivity contribution in [3.8, 4) is 6.07 Å². The van der Waals surface area contributed by atoms with Crippen molar-refractivity contribution in [2.24, 2.45) is 7.05 Å². The zero-order valence-electron chi connectivity index (χ0n) is 21.2. The molecule has 0 aliphatic carbocycles. The van der Waals surface area contributed by atoms with Crippen molar-refractivity contribution in [1.29, 1.82) is 5.26 Å². The summed E-state index contributed by atoms with van der Waals surface area (Å²) in [6.07, 6.45) is 3.81. The highest BCUT2D eigenvalue weighted by Gasteiger charge is 2.36. The fourth-order valence-corrected chi connectivity index (χ4v) is 5.54. The Morgan fingerprint density at radius 1 is 1.15 bits per heavy atom. The lowest BCUT2D eigenvalue weighted by Crippen LogP contribution is -2.58. The third-order valence-electron chi connectivity index (χ3n) is 7.53. The van der Waals surface area contributed by atoms with Crippen molar-refractivity contribution >= 4 is 16.7 Å². The Labute approximate surface area is 202 Å². The Bertz CT molecular complexity index is 1280. The lowest BCUT2D eigenvalue weighted by molar-refractivity contribution is 0.101. The number of pyridine rings is 1. The van der Waals surface area contributed by atoms with Gasteiger partial charge in [-0.15, -0.1) is 0 Å². The van der Waals surface area contributed by atoms with Crippen molar-refractivity contribution in [2.75, 3.05) is 18.0 Å². The highest BCUT2D eigenvalue weighted by atomic mass is 16.1. The standard InChI is InChI=1S/C27H36N6O/c1-7-21-16-33(24-14-26(34)30(6)25-17-31(12-11-28)29-27(24)25)22(8-2)15-32(21)20(5)23-10-9-18(3)13-19(23)4/h9-10,13-14,17,20-22H,7-8,12,15-16H2,1-6H3/t20?,21-,22+/m1/s1. The van der Waals surface area contributed by atoms with Gasteiger partial charge in [0.25, 0.3) is 5.56 Å². The van der Waals surface area contributed by atoms with Crippen LogP contribution in [0.5, 0.6) is 0 Å². The molecule has 0 spiro atoms. The molecule has 2 aromatic heterocycles. The van der Waals surface area contributed by atoms with Gasteiger partial charge in [0.2, 0.25) is 0 Å². The molecule has 0 N–H and O–H groups in total. The second kappa shape index (κ2) is 9.63. The van der Waals surface area contributed by atoms with Gasteiger partial charge in [0.05, 0.1) is 23.5 Å². The number of aromatic nitrogens is 3. The van der Waals surface area contributed by atoms with Gasteiger partial charge < -0.3 is 9.47 Å². The van der Waals surface area contributed by atoms with Gasteiger partial charge in [0.1, 0.15) is 12.1 Å². The Balaban J connectivity index is 1.73. The summed E-state index contributed by atoms with van der Waals surface area (Å²) in [7, 11) is 1.77. The number of hydrogen-bond acceptors (Lipinski definition) is 5. The molecule has 1 aromatic carbocycles. The van der Waals surface area contributed by atoms with Crippen molar-refractivity contribution in [3.63, 3.8) is 0 Å². The summed E-state index contributed by atoms with van der Waals surface area (Å²) in [5.74, 6) is 0. The van der Waals surface area contributed by atoms with E-state index in [4.69, 9.17) is 10.4 Å². The van der Waals surface area contributed by atoms with Crippen molar-refractivity contribution in [1.82, 2.24) is 19.2 Å². The monoisotopic (exact) mass is 460 g/mol. The molecule has 1 saturated heterocycles. The molecule has 3 atom stereocenters. The number of nitrogens with zero attached hydrogens (tertiary/aromatic N) is 6. The minimum Gasteiger partial charge on any atom is -0.364 e. The molecule has 7 nitrogen and oxygen atoms in total. The van der Waals surface area contributed by atoms with Crippen LogP contribution in [0.1, 0.15) is 56.3 Å². The number of nitriles is 1. The quantitative estimate of drug-likeness (QED) is 0.548. The van der Waals surface area contributed by atoms with Crippen LogP contribution in [0.3, 0.4) is 0 Å². The molecule has 4 rings (SSSR count). The molecule has 1 aliphatic heterocycles. The maximum absolute atomic E-state index is 12.9. The molecule has 7 heteroatoms. The van der Waals surface area contributed by atoms with E-state index in [1.165, 1.54) is 16.7 Å². The van der Waals surface area contributed by atoms with Gasteiger partial charge >= 0.3 is 0 Å². The summed E-state index contributed by atoms with van der Waals surface area (Å²) >= 11 is 0. The van der Waals surface area contributed by atoms with Gasteiger partial charge in [-0.1, -0.05) is 37.6 Å². The SMILES string of the molecule is CC[C@H]1CN(C(C)c2ccc(C)cc2C)[C@H](CC)CN1c1cc(=O)n(C)c2cn(CC#N)nc12. The summed E-state index contributed by atoms with van der Waals surface area (Å²) in [4.78, 5) is 17.9. The van der Waals surface area contributed by atoms with Crippen molar-refractivity contribution < 1.29 is 0 Å². The maximum Gasteiger partial charge on any atom is 0.252 e. The molecule has 1 unspecified atom stereocenters. The number of aryl methyl sites for hydroxylation is 3. The molecule has 34 heavy (non-hydrogen) atoms. The van der Waals surface area contributed by atoms with Gasteiger partial charge in [0, 0.05) is 44.3 Å². The summed E-state index contributed by atoms with van der Waals surface area (Å²) < 4.78 is 3.25. The molecular formula is C27H36N6O. The van der Waals surface area contributed by atoms with Gasteiger partial charge in [-0.3, -0.25) is 14.4 Å². The van der Waals surface area contributed by atoms with Crippen molar-refractivity contribution in [2.45, 2.75) is 72.1 Å². The molecule has 1 fully saturated rings. The lowest BCUT2D eigenvalue weighted by atomic mass is 9.94. The Morgan fingerprint density at radius 3 is 2.53 bits per heavy atom. The van der Waals surface area contributed by atoms with Gasteiger partial charge in [-0.05, 0) is 44.7 Å². The zero-order valence-corrected chi connectivity index (χ0v) is 21.2. The molecule has 0 amide bonds. The second-order valence-corrected chi connectivity index (χ2v) is 9.65. The summed E-state index contributed by atoms with van der Waals surface area (Å²) in [6.45, 7) is 13.1. The van der Waals surface area contributed by atoms with E-state index in [0.29, 0.717) is 12.1 Å². The Hall–Kier alpha value is -3.11. The smallest absolute Gasteiger partial charge is 0.252 e. The molecule has 0 saturated carbocycles. The second-order valence-electron chi connectivity index (χ2n) is 9.65. The van der Waals surface area contributed by atoms with E-state index in [9.17, 15) is 4.79 Å². The minimum atomic E-state index is -0.0482. The van der Waals surface area contributed by atoms with E-state index < -0.39 is 0 Å². The van der Waals surface area contributed by atoms with Crippen LogP contribution in [0.2, 0.25) is 0 Å². The molecule has 180 valence electrons. The predicted molar refractivity (Wildman–Crippen MR) is 137 cm³/mol. The van der Waals surface area contributed by atoms with Gasteiger partial charge in [0.15, 0.2) is 0 Å². The summed E-state index contributed by atoms with van der Waals surface area (Å²) in [5, 5.41) is 13.8. The minimum absolute atomic E-state index is 0.0482. The largest absolute Gasteiger partial charge is 0.364 e. The average molecular weight is 461 g/mol. The Kier molecular flexibility index (Phi) is 6.81. The molecule has 1 aliphatic rings. The zero-order chi connectivity index (χ0) is 24.6. The molecule has 3 heterocycles. The number of hydrogen-bond donors (Lipinski definition) is 0. The van der Waals surface area contributed by atoms with E-state index >= 15 is 0 Å².